The van der Waals surface area contributed by atoms with Crippen molar-refractivity contribution in [3.05, 3.63) is 53.8 Å². The second-order valence-corrected chi connectivity index (χ2v) is 6.84. The third-order valence-corrected chi connectivity index (χ3v) is 5.06. The normalized spacial score (nSPS) is 19.4. The van der Waals surface area contributed by atoms with Crippen LogP contribution in [0.5, 0.6) is 0 Å². The number of fused-ring (bicyclic) bond motifs is 3. The molecular formula is C19H20Cl2N4O2. The molecule has 0 spiro atoms. The molecule has 0 bridgehead atoms. The second kappa shape index (κ2) is 7.38. The number of nitrogens with one attached hydrogen (secondary N) is 2. The van der Waals surface area contributed by atoms with Crippen LogP contribution < -0.4 is 5.32 Å². The molecule has 1 atom stereocenters. The number of imidazole rings is 1. The SMILES string of the molecule is COC1=CC(Nc2cc(C)[nH]c3ccc4ncnc4c23)=CCC1(Cl)OC.Cl. The topological polar surface area (TPSA) is 72.1 Å². The molecule has 6 nitrogen and oxygen atoms in total. The van der Waals surface area contributed by atoms with Crippen molar-refractivity contribution in [1.82, 2.24) is 15.0 Å². The van der Waals surface area contributed by atoms with Crippen LogP contribution in [0.3, 0.4) is 0 Å². The van der Waals surface area contributed by atoms with Gasteiger partial charge in [0.05, 0.1) is 18.3 Å². The van der Waals surface area contributed by atoms with Gasteiger partial charge in [0.2, 0.25) is 5.06 Å². The summed E-state index contributed by atoms with van der Waals surface area (Å²) in [6.45, 7) is 2.02. The maximum absolute atomic E-state index is 6.47. The molecular weight excluding hydrogens is 387 g/mol. The Morgan fingerprint density at radius 1 is 1.26 bits per heavy atom. The number of benzene rings is 1. The van der Waals surface area contributed by atoms with E-state index in [9.17, 15) is 0 Å². The number of nitrogens with zero attached hydrogens (tertiary/aromatic N) is 2. The maximum atomic E-state index is 6.47. The van der Waals surface area contributed by atoms with Gasteiger partial charge < -0.3 is 19.8 Å². The van der Waals surface area contributed by atoms with E-state index in [-0.39, 0.29) is 12.4 Å². The number of aromatic amines is 1. The Hall–Kier alpha value is -2.28. The fourth-order valence-electron chi connectivity index (χ4n) is 3.26. The van der Waals surface area contributed by atoms with Crippen LogP contribution in [0, 0.1) is 6.92 Å². The van der Waals surface area contributed by atoms with Crippen LogP contribution in [-0.2, 0) is 9.47 Å². The predicted octanol–water partition coefficient (Wildman–Crippen LogP) is 4.65. The Kier molecular flexibility index (Phi) is 5.33. The van der Waals surface area contributed by atoms with Crippen molar-refractivity contribution in [3.63, 3.8) is 0 Å². The van der Waals surface area contributed by atoms with Gasteiger partial charge in [-0.2, -0.15) is 0 Å². The smallest absolute Gasteiger partial charge is 0.202 e. The minimum atomic E-state index is -0.965. The Balaban J connectivity index is 0.00000210. The molecule has 0 saturated heterocycles. The third kappa shape index (κ3) is 3.36. The highest BCUT2D eigenvalue weighted by molar-refractivity contribution is 6.25. The van der Waals surface area contributed by atoms with Crippen molar-refractivity contribution >= 4 is 51.6 Å². The van der Waals surface area contributed by atoms with E-state index in [0.29, 0.717) is 12.2 Å². The number of methoxy groups -OCH3 is 2. The van der Waals surface area contributed by atoms with Gasteiger partial charge in [0, 0.05) is 41.9 Å². The first-order valence-corrected chi connectivity index (χ1v) is 8.62. The van der Waals surface area contributed by atoms with E-state index in [1.54, 1.807) is 20.5 Å². The van der Waals surface area contributed by atoms with Crippen LogP contribution in [0.15, 0.2) is 48.1 Å². The lowest BCUT2D eigenvalue weighted by atomic mass is 10.1. The van der Waals surface area contributed by atoms with E-state index in [1.165, 1.54) is 0 Å². The van der Waals surface area contributed by atoms with Gasteiger partial charge in [0.15, 0.2) is 0 Å². The summed E-state index contributed by atoms with van der Waals surface area (Å²) in [5.74, 6) is 0.563. The first-order valence-electron chi connectivity index (χ1n) is 8.24. The third-order valence-electron chi connectivity index (χ3n) is 4.56. The number of halogens is 2. The largest absolute Gasteiger partial charge is 0.497 e. The van der Waals surface area contributed by atoms with Crippen molar-refractivity contribution in [2.24, 2.45) is 0 Å². The number of hydrogen-bond acceptors (Lipinski definition) is 5. The highest BCUT2D eigenvalue weighted by Crippen LogP contribution is 2.37. The van der Waals surface area contributed by atoms with Crippen molar-refractivity contribution in [3.8, 4) is 0 Å². The fourth-order valence-corrected chi connectivity index (χ4v) is 3.47. The summed E-state index contributed by atoms with van der Waals surface area (Å²) in [7, 11) is 3.16. The van der Waals surface area contributed by atoms with Crippen molar-refractivity contribution in [2.45, 2.75) is 18.4 Å². The van der Waals surface area contributed by atoms with E-state index in [2.05, 4.69) is 26.3 Å². The number of ether oxygens (including phenoxy) is 2. The molecule has 1 aromatic carbocycles. The minimum Gasteiger partial charge on any atom is -0.497 e. The number of pyridine rings is 1. The summed E-state index contributed by atoms with van der Waals surface area (Å²) < 4.78 is 10.8. The first-order chi connectivity index (χ1) is 12.5. The quantitative estimate of drug-likeness (QED) is 0.616. The molecule has 27 heavy (non-hydrogen) atoms. The molecule has 0 fully saturated rings. The lowest BCUT2D eigenvalue weighted by molar-refractivity contribution is 0.0459. The fraction of sp³-hybridized carbons (Fsp3) is 0.263. The van der Waals surface area contributed by atoms with Crippen LogP contribution in [0.1, 0.15) is 12.1 Å². The second-order valence-electron chi connectivity index (χ2n) is 6.23. The van der Waals surface area contributed by atoms with Crippen molar-refractivity contribution in [1.29, 1.82) is 0 Å². The van der Waals surface area contributed by atoms with E-state index in [1.807, 2.05) is 31.2 Å². The maximum Gasteiger partial charge on any atom is 0.202 e. The van der Waals surface area contributed by atoms with Gasteiger partial charge in [0.25, 0.3) is 0 Å². The van der Waals surface area contributed by atoms with Gasteiger partial charge in [0.1, 0.15) is 17.6 Å². The Bertz CT molecular complexity index is 1060. The van der Waals surface area contributed by atoms with Crippen LogP contribution in [0.4, 0.5) is 5.69 Å². The molecule has 1 unspecified atom stereocenters. The van der Waals surface area contributed by atoms with Gasteiger partial charge in [-0.05, 0) is 25.1 Å². The molecule has 0 aliphatic heterocycles. The van der Waals surface area contributed by atoms with Gasteiger partial charge in [-0.1, -0.05) is 17.7 Å². The Morgan fingerprint density at radius 2 is 2.07 bits per heavy atom. The monoisotopic (exact) mass is 406 g/mol. The molecule has 2 N–H and O–H groups in total. The zero-order valence-corrected chi connectivity index (χ0v) is 16.7. The van der Waals surface area contributed by atoms with Gasteiger partial charge >= 0.3 is 0 Å². The number of hydrogen-bond donors (Lipinski definition) is 2. The van der Waals surface area contributed by atoms with Crippen LogP contribution in [-0.4, -0.2) is 34.2 Å². The summed E-state index contributed by atoms with van der Waals surface area (Å²) in [4.78, 5) is 12.1. The molecule has 8 heteroatoms. The molecule has 0 amide bonds. The van der Waals surface area contributed by atoms with E-state index < -0.39 is 5.06 Å². The van der Waals surface area contributed by atoms with Crippen LogP contribution in [0.2, 0.25) is 0 Å². The summed E-state index contributed by atoms with van der Waals surface area (Å²) in [6, 6.07) is 6.04. The molecule has 4 rings (SSSR count). The van der Waals surface area contributed by atoms with Gasteiger partial charge in [-0.15, -0.1) is 12.4 Å². The number of rotatable bonds is 4. The van der Waals surface area contributed by atoms with Gasteiger partial charge in [-0.3, -0.25) is 0 Å². The van der Waals surface area contributed by atoms with Crippen LogP contribution in [0.25, 0.3) is 21.9 Å². The average molecular weight is 407 g/mol. The van der Waals surface area contributed by atoms with Gasteiger partial charge in [-0.25, -0.2) is 9.97 Å². The summed E-state index contributed by atoms with van der Waals surface area (Å²) >= 11 is 6.47. The molecule has 0 saturated carbocycles. The number of aromatic nitrogens is 3. The standard InChI is InChI=1S/C19H19ClN4O2.ClH/c1-11-8-15(17-13(23-11)4-5-14-18(17)22-10-21-14)24-12-6-7-19(20,26-3)16(9-12)25-2;/h4-6,8-10,23-24H,7H2,1-3H3;1H. The molecule has 2 aromatic heterocycles. The number of allylic oxidation sites excluding steroid dienone is 1. The average Bonchev–Trinajstić information content (AvgIpc) is 3.11. The van der Waals surface area contributed by atoms with E-state index in [0.717, 1.165) is 39.0 Å². The number of anilines is 1. The molecule has 2 heterocycles. The lowest BCUT2D eigenvalue weighted by Crippen LogP contribution is -2.30. The zero-order chi connectivity index (χ0) is 18.3. The zero-order valence-electron chi connectivity index (χ0n) is 15.2. The molecule has 1 aliphatic rings. The molecule has 3 aromatic rings. The Morgan fingerprint density at radius 3 is 2.81 bits per heavy atom. The molecule has 1 aliphatic carbocycles. The summed E-state index contributed by atoms with van der Waals surface area (Å²) in [6.07, 6.45) is 5.92. The van der Waals surface area contributed by atoms with E-state index in [4.69, 9.17) is 21.1 Å². The van der Waals surface area contributed by atoms with E-state index >= 15 is 0 Å². The minimum absolute atomic E-state index is 0. The first kappa shape index (κ1) is 19.5. The molecule has 0 radical (unpaired) electrons. The van der Waals surface area contributed by atoms with Crippen LogP contribution >= 0.6 is 24.0 Å². The lowest BCUT2D eigenvalue weighted by Gasteiger charge is -2.29. The predicted molar refractivity (Wildman–Crippen MR) is 110 cm³/mol. The molecule has 142 valence electrons. The highest BCUT2D eigenvalue weighted by Gasteiger charge is 2.35. The van der Waals surface area contributed by atoms with Crippen molar-refractivity contribution in [2.75, 3.05) is 19.5 Å². The number of alkyl halides is 1. The van der Waals surface area contributed by atoms with Crippen molar-refractivity contribution < 1.29 is 9.47 Å². The summed E-state index contributed by atoms with van der Waals surface area (Å²) in [5, 5.41) is 3.50. The Labute approximate surface area is 168 Å². The summed E-state index contributed by atoms with van der Waals surface area (Å²) in [5.41, 5.74) is 5.59. The highest BCUT2D eigenvalue weighted by atomic mass is 35.5. The number of aryl methyl sites for hydroxylation is 1. The number of H-pyrrole nitrogens is 1.